The number of likely N-dealkylation sites (tertiary alicyclic amines) is 1. The van der Waals surface area contributed by atoms with Gasteiger partial charge in [0.05, 0.1) is 22.6 Å². The van der Waals surface area contributed by atoms with Gasteiger partial charge in [-0.05, 0) is 37.5 Å². The first-order valence-corrected chi connectivity index (χ1v) is 10.0. The number of hydrogen-bond acceptors (Lipinski definition) is 4. The van der Waals surface area contributed by atoms with Crippen LogP contribution in [0, 0.1) is 5.92 Å². The van der Waals surface area contributed by atoms with E-state index < -0.39 is 21.7 Å². The van der Waals surface area contributed by atoms with Gasteiger partial charge in [0.25, 0.3) is 0 Å². The summed E-state index contributed by atoms with van der Waals surface area (Å²) in [6.07, 6.45) is 1.25. The van der Waals surface area contributed by atoms with Crippen LogP contribution in [-0.2, 0) is 14.6 Å². The molecule has 1 aliphatic rings. The SMILES string of the molecule is CCS(=O)(=O)c1ccc(C(C)NC(=O)N2CCCC(C(=O)O)C2)cc1. The lowest BCUT2D eigenvalue weighted by atomic mass is 9.98. The summed E-state index contributed by atoms with van der Waals surface area (Å²) >= 11 is 0. The quantitative estimate of drug-likeness (QED) is 0.828. The zero-order valence-corrected chi connectivity index (χ0v) is 15.3. The maximum atomic E-state index is 12.3. The van der Waals surface area contributed by atoms with Gasteiger partial charge in [-0.25, -0.2) is 13.2 Å². The number of rotatable bonds is 5. The molecule has 25 heavy (non-hydrogen) atoms. The van der Waals surface area contributed by atoms with Crippen LogP contribution in [0.1, 0.15) is 38.3 Å². The Bertz CT molecular complexity index is 730. The first-order valence-electron chi connectivity index (χ1n) is 8.35. The molecular weight excluding hydrogens is 344 g/mol. The van der Waals surface area contributed by atoms with Crippen molar-refractivity contribution in [1.29, 1.82) is 0 Å². The van der Waals surface area contributed by atoms with Gasteiger partial charge in [-0.1, -0.05) is 19.1 Å². The highest BCUT2D eigenvalue weighted by Crippen LogP contribution is 2.20. The van der Waals surface area contributed by atoms with E-state index in [2.05, 4.69) is 5.32 Å². The lowest BCUT2D eigenvalue weighted by molar-refractivity contribution is -0.143. The van der Waals surface area contributed by atoms with Gasteiger partial charge in [-0.15, -0.1) is 0 Å². The number of amides is 2. The third kappa shape index (κ3) is 4.72. The molecule has 0 bridgehead atoms. The van der Waals surface area contributed by atoms with Crippen LogP contribution in [-0.4, -0.2) is 49.3 Å². The van der Waals surface area contributed by atoms with E-state index in [9.17, 15) is 18.0 Å². The molecule has 2 amide bonds. The third-order valence-corrected chi connectivity index (χ3v) is 6.27. The fraction of sp³-hybridized carbons (Fsp3) is 0.529. The Morgan fingerprint density at radius 1 is 1.32 bits per heavy atom. The van der Waals surface area contributed by atoms with Crippen molar-refractivity contribution in [2.75, 3.05) is 18.8 Å². The highest BCUT2D eigenvalue weighted by Gasteiger charge is 2.28. The van der Waals surface area contributed by atoms with Crippen LogP contribution >= 0.6 is 0 Å². The second-order valence-corrected chi connectivity index (χ2v) is 8.55. The number of carboxylic acid groups (broad SMARTS) is 1. The Morgan fingerprint density at radius 2 is 1.96 bits per heavy atom. The molecule has 1 aromatic rings. The van der Waals surface area contributed by atoms with Gasteiger partial charge in [0.15, 0.2) is 9.84 Å². The van der Waals surface area contributed by atoms with Crippen molar-refractivity contribution in [3.05, 3.63) is 29.8 Å². The molecule has 0 radical (unpaired) electrons. The molecule has 2 N–H and O–H groups in total. The average Bonchev–Trinajstić information content (AvgIpc) is 2.61. The number of aliphatic carboxylic acids is 1. The number of carboxylic acids is 1. The molecule has 1 saturated heterocycles. The first kappa shape index (κ1) is 19.2. The summed E-state index contributed by atoms with van der Waals surface area (Å²) < 4.78 is 23.7. The Kier molecular flexibility index (Phi) is 6.05. The summed E-state index contributed by atoms with van der Waals surface area (Å²) in [6, 6.07) is 5.84. The van der Waals surface area contributed by atoms with Crippen LogP contribution in [0.25, 0.3) is 0 Å². The lowest BCUT2D eigenvalue weighted by Gasteiger charge is -2.31. The molecule has 0 aromatic heterocycles. The molecule has 138 valence electrons. The molecule has 1 aromatic carbocycles. The number of hydrogen-bond donors (Lipinski definition) is 2. The minimum absolute atomic E-state index is 0.0400. The summed E-state index contributed by atoms with van der Waals surface area (Å²) in [5, 5.41) is 11.9. The monoisotopic (exact) mass is 368 g/mol. The van der Waals surface area contributed by atoms with Crippen molar-refractivity contribution in [3.8, 4) is 0 Å². The lowest BCUT2D eigenvalue weighted by Crippen LogP contribution is -2.47. The number of nitrogens with one attached hydrogen (secondary N) is 1. The Morgan fingerprint density at radius 3 is 2.52 bits per heavy atom. The summed E-state index contributed by atoms with van der Waals surface area (Å²) in [4.78, 5) is 25.2. The maximum absolute atomic E-state index is 12.3. The molecule has 2 atom stereocenters. The van der Waals surface area contributed by atoms with Gasteiger partial charge in [0.2, 0.25) is 0 Å². The topological polar surface area (TPSA) is 104 Å². The van der Waals surface area contributed by atoms with Gasteiger partial charge in [-0.2, -0.15) is 0 Å². The molecule has 0 saturated carbocycles. The predicted molar refractivity (Wildman–Crippen MR) is 93.0 cm³/mol. The number of piperidine rings is 1. The van der Waals surface area contributed by atoms with Gasteiger partial charge in [-0.3, -0.25) is 4.79 Å². The van der Waals surface area contributed by atoms with E-state index >= 15 is 0 Å². The van der Waals surface area contributed by atoms with Crippen molar-refractivity contribution in [3.63, 3.8) is 0 Å². The van der Waals surface area contributed by atoms with E-state index in [-0.39, 0.29) is 29.3 Å². The average molecular weight is 368 g/mol. The fourth-order valence-electron chi connectivity index (χ4n) is 2.85. The molecule has 8 heteroatoms. The smallest absolute Gasteiger partial charge is 0.317 e. The van der Waals surface area contributed by atoms with Crippen molar-refractivity contribution >= 4 is 21.8 Å². The molecule has 2 unspecified atom stereocenters. The maximum Gasteiger partial charge on any atom is 0.317 e. The van der Waals surface area contributed by atoms with E-state index in [1.54, 1.807) is 26.0 Å². The minimum atomic E-state index is -3.25. The molecule has 2 rings (SSSR count). The second-order valence-electron chi connectivity index (χ2n) is 6.27. The predicted octanol–water partition coefficient (Wildman–Crippen LogP) is 2.05. The standard InChI is InChI=1S/C17H24N2O5S/c1-3-25(23,24)15-8-6-13(7-9-15)12(2)18-17(22)19-10-4-5-14(11-19)16(20)21/h6-9,12,14H,3-5,10-11H2,1-2H3,(H,18,22)(H,20,21). The van der Waals surface area contributed by atoms with E-state index in [0.717, 1.165) is 5.56 Å². The van der Waals surface area contributed by atoms with Gasteiger partial charge >= 0.3 is 12.0 Å². The van der Waals surface area contributed by atoms with E-state index in [1.165, 1.54) is 17.0 Å². The van der Waals surface area contributed by atoms with Crippen molar-refractivity contribution in [2.45, 2.75) is 37.6 Å². The van der Waals surface area contributed by atoms with Crippen LogP contribution < -0.4 is 5.32 Å². The number of nitrogens with zero attached hydrogens (tertiary/aromatic N) is 1. The third-order valence-electron chi connectivity index (χ3n) is 4.52. The van der Waals surface area contributed by atoms with Crippen molar-refractivity contribution in [1.82, 2.24) is 10.2 Å². The normalized spacial score (nSPS) is 19.3. The second kappa shape index (κ2) is 7.86. The van der Waals surface area contributed by atoms with Crippen molar-refractivity contribution in [2.24, 2.45) is 5.92 Å². The van der Waals surface area contributed by atoms with Crippen LogP contribution in [0.5, 0.6) is 0 Å². The van der Waals surface area contributed by atoms with E-state index in [1.807, 2.05) is 0 Å². The first-order chi connectivity index (χ1) is 11.7. The summed E-state index contributed by atoms with van der Waals surface area (Å²) in [5.41, 5.74) is 0.787. The van der Waals surface area contributed by atoms with Crippen LogP contribution in [0.3, 0.4) is 0 Å². The highest BCUT2D eigenvalue weighted by atomic mass is 32.2. The number of carbonyl (C=O) groups excluding carboxylic acids is 1. The van der Waals surface area contributed by atoms with Crippen molar-refractivity contribution < 1.29 is 23.1 Å². The van der Waals surface area contributed by atoms with E-state index in [4.69, 9.17) is 5.11 Å². The molecule has 0 spiro atoms. The zero-order chi connectivity index (χ0) is 18.6. The Balaban J connectivity index is 2.00. The number of urea groups is 1. The van der Waals surface area contributed by atoms with E-state index in [0.29, 0.717) is 19.4 Å². The van der Waals surface area contributed by atoms with Crippen LogP contribution in [0.15, 0.2) is 29.2 Å². The Hall–Kier alpha value is -2.09. The minimum Gasteiger partial charge on any atom is -0.481 e. The number of sulfone groups is 1. The largest absolute Gasteiger partial charge is 0.481 e. The number of benzene rings is 1. The summed E-state index contributed by atoms with van der Waals surface area (Å²) in [6.45, 7) is 4.15. The summed E-state index contributed by atoms with van der Waals surface area (Å²) in [7, 11) is -3.25. The van der Waals surface area contributed by atoms with Gasteiger partial charge < -0.3 is 15.3 Å². The number of carbonyl (C=O) groups is 2. The molecule has 1 aliphatic heterocycles. The molecule has 1 heterocycles. The van der Waals surface area contributed by atoms with Gasteiger partial charge in [0, 0.05) is 13.1 Å². The summed E-state index contributed by atoms with van der Waals surface area (Å²) in [5.74, 6) is -1.36. The van der Waals surface area contributed by atoms with Crippen LogP contribution in [0.2, 0.25) is 0 Å². The highest BCUT2D eigenvalue weighted by molar-refractivity contribution is 7.91. The molecule has 0 aliphatic carbocycles. The zero-order valence-electron chi connectivity index (χ0n) is 14.4. The Labute approximate surface area is 147 Å². The fourth-order valence-corrected chi connectivity index (χ4v) is 3.74. The van der Waals surface area contributed by atoms with Crippen LogP contribution in [0.4, 0.5) is 4.79 Å². The molecule has 1 fully saturated rings. The molecule has 7 nitrogen and oxygen atoms in total. The molecular formula is C17H24N2O5S. The van der Waals surface area contributed by atoms with Gasteiger partial charge in [0.1, 0.15) is 0 Å².